The summed E-state index contributed by atoms with van der Waals surface area (Å²) in [5.41, 5.74) is 0.775. The number of halogens is 3. The van der Waals surface area contributed by atoms with Gasteiger partial charge in [0.05, 0.1) is 9.50 Å². The van der Waals surface area contributed by atoms with Crippen molar-refractivity contribution in [2.24, 2.45) is 0 Å². The molecule has 0 fully saturated rings. The molecule has 0 saturated heterocycles. The van der Waals surface area contributed by atoms with Crippen molar-refractivity contribution < 1.29 is 9.18 Å². The monoisotopic (exact) mass is 327 g/mol. The van der Waals surface area contributed by atoms with Gasteiger partial charge in [0, 0.05) is 12.6 Å². The molecule has 0 aliphatic rings. The number of ketones is 1. The minimum atomic E-state index is -0.396. The smallest absolute Gasteiger partial charge is 0.187 e. The Labute approximate surface area is 117 Å². The van der Waals surface area contributed by atoms with Gasteiger partial charge in [-0.1, -0.05) is 23.7 Å². The van der Waals surface area contributed by atoms with Crippen LogP contribution in [0.3, 0.4) is 0 Å². The molecule has 0 atom stereocenters. The standard InChI is InChI=1S/C13H8BrClFNO/c14-12-8(3-1-5-10(12)16)7-11(18)13-9(15)4-2-6-17-13/h1-6H,7H2. The molecule has 92 valence electrons. The summed E-state index contributed by atoms with van der Waals surface area (Å²) in [5.74, 6) is -0.640. The van der Waals surface area contributed by atoms with E-state index in [1.807, 2.05) is 0 Å². The lowest BCUT2D eigenvalue weighted by atomic mass is 10.1. The van der Waals surface area contributed by atoms with Crippen molar-refractivity contribution in [1.82, 2.24) is 4.98 Å². The Hall–Kier alpha value is -1.26. The fourth-order valence-electron chi connectivity index (χ4n) is 1.53. The van der Waals surface area contributed by atoms with Crippen LogP contribution in [0.1, 0.15) is 16.1 Å². The summed E-state index contributed by atoms with van der Waals surface area (Å²) in [4.78, 5) is 15.9. The Morgan fingerprint density at radius 2 is 2.11 bits per heavy atom. The maximum absolute atomic E-state index is 13.3. The van der Waals surface area contributed by atoms with Gasteiger partial charge in [-0.15, -0.1) is 0 Å². The van der Waals surface area contributed by atoms with E-state index in [-0.39, 0.29) is 17.9 Å². The molecule has 2 aromatic rings. The molecule has 1 aromatic heterocycles. The second-order valence-electron chi connectivity index (χ2n) is 3.65. The van der Waals surface area contributed by atoms with Gasteiger partial charge in [-0.25, -0.2) is 4.39 Å². The van der Waals surface area contributed by atoms with Crippen LogP contribution in [0.5, 0.6) is 0 Å². The number of benzene rings is 1. The number of nitrogens with zero attached hydrogens (tertiary/aromatic N) is 1. The molecule has 0 amide bonds. The summed E-state index contributed by atoms with van der Waals surface area (Å²) in [6, 6.07) is 7.82. The number of aromatic nitrogens is 1. The maximum Gasteiger partial charge on any atom is 0.187 e. The highest BCUT2D eigenvalue weighted by Gasteiger charge is 2.15. The second kappa shape index (κ2) is 5.59. The Balaban J connectivity index is 2.27. The average Bonchev–Trinajstić information content (AvgIpc) is 2.35. The molecule has 1 aromatic carbocycles. The summed E-state index contributed by atoms with van der Waals surface area (Å²) in [6.45, 7) is 0. The topological polar surface area (TPSA) is 30.0 Å². The second-order valence-corrected chi connectivity index (χ2v) is 4.85. The highest BCUT2D eigenvalue weighted by atomic mass is 79.9. The largest absolute Gasteiger partial charge is 0.292 e. The number of hydrogen-bond donors (Lipinski definition) is 0. The summed E-state index contributed by atoms with van der Waals surface area (Å²) < 4.78 is 13.6. The average molecular weight is 329 g/mol. The van der Waals surface area contributed by atoms with E-state index in [2.05, 4.69) is 20.9 Å². The summed E-state index contributed by atoms with van der Waals surface area (Å²) in [7, 11) is 0. The van der Waals surface area contributed by atoms with Crippen LogP contribution in [0.2, 0.25) is 5.02 Å². The van der Waals surface area contributed by atoms with Gasteiger partial charge < -0.3 is 0 Å². The Morgan fingerprint density at radius 3 is 2.83 bits per heavy atom. The minimum Gasteiger partial charge on any atom is -0.292 e. The van der Waals surface area contributed by atoms with Crippen molar-refractivity contribution >= 4 is 33.3 Å². The van der Waals surface area contributed by atoms with Gasteiger partial charge >= 0.3 is 0 Å². The van der Waals surface area contributed by atoms with E-state index in [0.29, 0.717) is 15.1 Å². The molecule has 0 N–H and O–H groups in total. The lowest BCUT2D eigenvalue weighted by molar-refractivity contribution is 0.0988. The van der Waals surface area contributed by atoms with Crippen LogP contribution in [-0.2, 0) is 6.42 Å². The number of carbonyl (C=O) groups is 1. The highest BCUT2D eigenvalue weighted by molar-refractivity contribution is 9.10. The number of hydrogen-bond acceptors (Lipinski definition) is 2. The first-order valence-corrected chi connectivity index (χ1v) is 6.33. The van der Waals surface area contributed by atoms with Gasteiger partial charge in [0.1, 0.15) is 11.5 Å². The van der Waals surface area contributed by atoms with E-state index in [1.165, 1.54) is 12.3 Å². The first-order chi connectivity index (χ1) is 8.59. The van der Waals surface area contributed by atoms with Crippen LogP contribution in [0.15, 0.2) is 41.0 Å². The van der Waals surface area contributed by atoms with Crippen molar-refractivity contribution in [2.45, 2.75) is 6.42 Å². The Bertz CT molecular complexity index is 603. The van der Waals surface area contributed by atoms with E-state index in [1.54, 1.807) is 24.3 Å². The fourth-order valence-corrected chi connectivity index (χ4v) is 2.16. The zero-order valence-electron chi connectivity index (χ0n) is 9.16. The molecule has 0 unspecified atom stereocenters. The number of carbonyl (C=O) groups excluding carboxylic acids is 1. The van der Waals surface area contributed by atoms with E-state index in [0.717, 1.165) is 0 Å². The third kappa shape index (κ3) is 2.76. The van der Waals surface area contributed by atoms with Gasteiger partial charge in [-0.05, 0) is 39.7 Å². The first-order valence-electron chi connectivity index (χ1n) is 5.16. The van der Waals surface area contributed by atoms with Crippen molar-refractivity contribution in [3.63, 3.8) is 0 Å². The predicted octanol–water partition coefficient (Wildman–Crippen LogP) is 4.06. The van der Waals surface area contributed by atoms with Gasteiger partial charge in [-0.3, -0.25) is 9.78 Å². The third-order valence-corrected chi connectivity index (χ3v) is 3.60. The zero-order valence-corrected chi connectivity index (χ0v) is 11.5. The maximum atomic E-state index is 13.3. The molecule has 0 radical (unpaired) electrons. The summed E-state index contributed by atoms with van der Waals surface area (Å²) in [5, 5.41) is 0.301. The molecule has 0 aliphatic heterocycles. The Morgan fingerprint density at radius 1 is 1.33 bits per heavy atom. The van der Waals surface area contributed by atoms with E-state index in [9.17, 15) is 9.18 Å². The molecular weight excluding hydrogens is 321 g/mol. The minimum absolute atomic E-state index is 0.0507. The molecule has 18 heavy (non-hydrogen) atoms. The highest BCUT2D eigenvalue weighted by Crippen LogP contribution is 2.23. The number of pyridine rings is 1. The van der Waals surface area contributed by atoms with E-state index >= 15 is 0 Å². The van der Waals surface area contributed by atoms with Crippen molar-refractivity contribution in [3.8, 4) is 0 Å². The molecule has 0 bridgehead atoms. The molecule has 2 rings (SSSR count). The Kier molecular flexibility index (Phi) is 4.09. The van der Waals surface area contributed by atoms with Crippen LogP contribution in [0.4, 0.5) is 4.39 Å². The van der Waals surface area contributed by atoms with Gasteiger partial charge in [0.2, 0.25) is 0 Å². The molecule has 0 spiro atoms. The van der Waals surface area contributed by atoms with Crippen molar-refractivity contribution in [3.05, 3.63) is 63.1 Å². The summed E-state index contributed by atoms with van der Waals surface area (Å²) >= 11 is 9.01. The number of rotatable bonds is 3. The van der Waals surface area contributed by atoms with Gasteiger partial charge in [0.15, 0.2) is 5.78 Å². The van der Waals surface area contributed by atoms with Gasteiger partial charge in [-0.2, -0.15) is 0 Å². The van der Waals surface area contributed by atoms with Crippen LogP contribution < -0.4 is 0 Å². The lowest BCUT2D eigenvalue weighted by Gasteiger charge is -2.05. The first kappa shape index (κ1) is 13.2. The molecular formula is C13H8BrClFNO. The number of Topliss-reactive ketones (excluding diaryl/α,β-unsaturated/α-hetero) is 1. The van der Waals surface area contributed by atoms with Crippen LogP contribution in [0.25, 0.3) is 0 Å². The molecule has 2 nitrogen and oxygen atoms in total. The summed E-state index contributed by atoms with van der Waals surface area (Å²) in [6.07, 6.45) is 1.55. The van der Waals surface area contributed by atoms with Crippen molar-refractivity contribution in [2.75, 3.05) is 0 Å². The lowest BCUT2D eigenvalue weighted by Crippen LogP contribution is -2.07. The zero-order chi connectivity index (χ0) is 13.1. The molecule has 0 saturated carbocycles. The van der Waals surface area contributed by atoms with Crippen LogP contribution in [-0.4, -0.2) is 10.8 Å². The van der Waals surface area contributed by atoms with Crippen molar-refractivity contribution in [1.29, 1.82) is 0 Å². The SMILES string of the molecule is O=C(Cc1cccc(F)c1Br)c1ncccc1Cl. The third-order valence-electron chi connectivity index (χ3n) is 2.41. The normalized spacial score (nSPS) is 10.4. The van der Waals surface area contributed by atoms with Crippen LogP contribution in [0, 0.1) is 5.82 Å². The van der Waals surface area contributed by atoms with Crippen LogP contribution >= 0.6 is 27.5 Å². The quantitative estimate of drug-likeness (QED) is 0.795. The van der Waals surface area contributed by atoms with Gasteiger partial charge in [0.25, 0.3) is 0 Å². The fraction of sp³-hybridized carbons (Fsp3) is 0.0769. The molecule has 0 aliphatic carbocycles. The van der Waals surface area contributed by atoms with E-state index < -0.39 is 5.82 Å². The molecule has 5 heteroatoms. The molecule has 1 heterocycles. The predicted molar refractivity (Wildman–Crippen MR) is 71.4 cm³/mol. The van der Waals surface area contributed by atoms with E-state index in [4.69, 9.17) is 11.6 Å².